The molecule has 4 rings (SSSR count). The Hall–Kier alpha value is -1.43. The predicted octanol–water partition coefficient (Wildman–Crippen LogP) is 4.95. The van der Waals surface area contributed by atoms with E-state index in [0.717, 1.165) is 35.0 Å². The maximum atomic E-state index is 13.1. The van der Waals surface area contributed by atoms with Crippen LogP contribution in [0.4, 0.5) is 0 Å². The first-order valence-electron chi connectivity index (χ1n) is 8.04. The van der Waals surface area contributed by atoms with E-state index in [1.54, 1.807) is 15.9 Å². The lowest BCUT2D eigenvalue weighted by atomic mass is 9.89. The first-order chi connectivity index (χ1) is 11.5. The predicted molar refractivity (Wildman–Crippen MR) is 103 cm³/mol. The van der Waals surface area contributed by atoms with Crippen LogP contribution in [0.2, 0.25) is 5.02 Å². The van der Waals surface area contributed by atoms with E-state index in [4.69, 9.17) is 23.8 Å². The van der Waals surface area contributed by atoms with Gasteiger partial charge in [0, 0.05) is 9.90 Å². The summed E-state index contributed by atoms with van der Waals surface area (Å²) in [7, 11) is 0. The molecular weight excluding hydrogens is 360 g/mol. The molecule has 0 saturated heterocycles. The number of benzene rings is 1. The second kappa shape index (κ2) is 6.14. The van der Waals surface area contributed by atoms with Crippen LogP contribution >= 0.6 is 35.2 Å². The summed E-state index contributed by atoms with van der Waals surface area (Å²) < 4.78 is 2.14. The molecule has 1 aliphatic carbocycles. The number of nitrogens with one attached hydrogen (secondary N) is 1. The molecule has 0 amide bonds. The highest BCUT2D eigenvalue weighted by Crippen LogP contribution is 2.35. The summed E-state index contributed by atoms with van der Waals surface area (Å²) >= 11 is 13.1. The zero-order valence-corrected chi connectivity index (χ0v) is 15.7. The molecule has 0 spiro atoms. The molecule has 1 aromatic carbocycles. The lowest BCUT2D eigenvalue weighted by molar-refractivity contribution is 0.509. The molecular formula is C18H17ClN2OS2. The number of halogens is 1. The van der Waals surface area contributed by atoms with E-state index in [1.165, 1.54) is 10.4 Å². The quantitative estimate of drug-likeness (QED) is 0.643. The summed E-state index contributed by atoms with van der Waals surface area (Å²) in [4.78, 5) is 18.6. The Bertz CT molecular complexity index is 1030. The number of fused-ring (bicyclic) bond motifs is 3. The highest BCUT2D eigenvalue weighted by molar-refractivity contribution is 7.71. The first kappa shape index (κ1) is 16.1. The summed E-state index contributed by atoms with van der Waals surface area (Å²) in [5.74, 6) is 0.685. The van der Waals surface area contributed by atoms with Crippen molar-refractivity contribution in [1.29, 1.82) is 0 Å². The SMILES string of the molecule is CC1CCc2c(sc3[nH]c(=S)n(Cc4ccc(Cl)cc4)c(=O)c23)C1. The minimum absolute atomic E-state index is 0.0238. The lowest BCUT2D eigenvalue weighted by Crippen LogP contribution is -2.23. The van der Waals surface area contributed by atoms with Crippen molar-refractivity contribution in [2.75, 3.05) is 0 Å². The number of aromatic nitrogens is 2. The number of aromatic amines is 1. The standard InChI is InChI=1S/C18H17ClN2OS2/c1-10-2-7-13-14(8-10)24-16-15(13)17(22)21(18(23)20-16)9-11-3-5-12(19)6-4-11/h3-6,10H,2,7-9H2,1H3,(H,20,23). The fourth-order valence-electron chi connectivity index (χ4n) is 3.37. The van der Waals surface area contributed by atoms with Gasteiger partial charge in [-0.05, 0) is 60.7 Å². The molecule has 6 heteroatoms. The van der Waals surface area contributed by atoms with Crippen molar-refractivity contribution in [2.24, 2.45) is 5.92 Å². The van der Waals surface area contributed by atoms with E-state index in [2.05, 4.69) is 11.9 Å². The van der Waals surface area contributed by atoms with Crippen LogP contribution in [0.3, 0.4) is 0 Å². The molecule has 2 aromatic heterocycles. The number of H-pyrrole nitrogens is 1. The van der Waals surface area contributed by atoms with Crippen LogP contribution in [0, 0.1) is 10.7 Å². The maximum Gasteiger partial charge on any atom is 0.263 e. The number of aryl methyl sites for hydroxylation is 1. The highest BCUT2D eigenvalue weighted by Gasteiger charge is 2.23. The molecule has 3 aromatic rings. The van der Waals surface area contributed by atoms with Crippen LogP contribution in [0.1, 0.15) is 29.3 Å². The van der Waals surface area contributed by atoms with Gasteiger partial charge in [0.15, 0.2) is 4.77 Å². The Morgan fingerprint density at radius 1 is 1.38 bits per heavy atom. The summed E-state index contributed by atoms with van der Waals surface area (Å²) in [6.45, 7) is 2.73. The van der Waals surface area contributed by atoms with Gasteiger partial charge in [-0.2, -0.15) is 0 Å². The van der Waals surface area contributed by atoms with Gasteiger partial charge in [0.25, 0.3) is 5.56 Å². The minimum Gasteiger partial charge on any atom is -0.323 e. The fourth-order valence-corrected chi connectivity index (χ4v) is 5.21. The van der Waals surface area contributed by atoms with Crippen molar-refractivity contribution in [3.8, 4) is 0 Å². The third-order valence-electron chi connectivity index (χ3n) is 4.69. The Kier molecular flexibility index (Phi) is 4.11. The number of rotatable bonds is 2. The zero-order chi connectivity index (χ0) is 16.8. The van der Waals surface area contributed by atoms with E-state index >= 15 is 0 Å². The number of nitrogens with zero attached hydrogens (tertiary/aromatic N) is 1. The Morgan fingerprint density at radius 3 is 2.88 bits per heavy atom. The van der Waals surface area contributed by atoms with Gasteiger partial charge < -0.3 is 4.98 Å². The van der Waals surface area contributed by atoms with Crippen molar-refractivity contribution in [1.82, 2.24) is 9.55 Å². The lowest BCUT2D eigenvalue weighted by Gasteiger charge is -2.17. The van der Waals surface area contributed by atoms with Crippen LogP contribution in [0.5, 0.6) is 0 Å². The molecule has 24 heavy (non-hydrogen) atoms. The van der Waals surface area contributed by atoms with Crippen molar-refractivity contribution in [3.63, 3.8) is 0 Å². The van der Waals surface area contributed by atoms with E-state index in [1.807, 2.05) is 24.3 Å². The molecule has 1 unspecified atom stereocenters. The average Bonchev–Trinajstić information content (AvgIpc) is 2.90. The van der Waals surface area contributed by atoms with Gasteiger partial charge in [-0.25, -0.2) is 0 Å². The van der Waals surface area contributed by atoms with Gasteiger partial charge in [-0.1, -0.05) is 30.7 Å². The van der Waals surface area contributed by atoms with Crippen LogP contribution < -0.4 is 5.56 Å². The molecule has 0 fully saturated rings. The van der Waals surface area contributed by atoms with Crippen LogP contribution in [-0.4, -0.2) is 9.55 Å². The first-order valence-corrected chi connectivity index (χ1v) is 9.65. The topological polar surface area (TPSA) is 37.8 Å². The third-order valence-corrected chi connectivity index (χ3v) is 6.43. The largest absolute Gasteiger partial charge is 0.323 e. The molecule has 0 bridgehead atoms. The van der Waals surface area contributed by atoms with Gasteiger partial charge in [-0.3, -0.25) is 9.36 Å². The molecule has 124 valence electrons. The molecule has 1 aliphatic rings. The fraction of sp³-hybridized carbons (Fsp3) is 0.333. The molecule has 2 heterocycles. The second-order valence-electron chi connectivity index (χ2n) is 6.50. The summed E-state index contributed by atoms with van der Waals surface area (Å²) in [5.41, 5.74) is 2.27. The third kappa shape index (κ3) is 2.75. The summed E-state index contributed by atoms with van der Waals surface area (Å²) in [6.07, 6.45) is 3.19. The molecule has 3 nitrogen and oxygen atoms in total. The van der Waals surface area contributed by atoms with Gasteiger partial charge in [0.1, 0.15) is 4.83 Å². The smallest absolute Gasteiger partial charge is 0.263 e. The van der Waals surface area contributed by atoms with Gasteiger partial charge >= 0.3 is 0 Å². The average molecular weight is 377 g/mol. The summed E-state index contributed by atoms with van der Waals surface area (Å²) in [5, 5.41) is 1.53. The normalized spacial score (nSPS) is 17.2. The Morgan fingerprint density at radius 2 is 2.12 bits per heavy atom. The molecule has 0 radical (unpaired) electrons. The molecule has 0 aliphatic heterocycles. The van der Waals surface area contributed by atoms with Crippen molar-refractivity contribution < 1.29 is 0 Å². The highest BCUT2D eigenvalue weighted by atomic mass is 35.5. The number of thiophene rings is 1. The van der Waals surface area contributed by atoms with E-state index in [0.29, 0.717) is 22.3 Å². The van der Waals surface area contributed by atoms with E-state index in [-0.39, 0.29) is 5.56 Å². The second-order valence-corrected chi connectivity index (χ2v) is 8.43. The van der Waals surface area contributed by atoms with Crippen molar-refractivity contribution in [3.05, 3.63) is 60.4 Å². The van der Waals surface area contributed by atoms with Crippen LogP contribution in [-0.2, 0) is 19.4 Å². The van der Waals surface area contributed by atoms with Gasteiger partial charge in [0.05, 0.1) is 11.9 Å². The summed E-state index contributed by atoms with van der Waals surface area (Å²) in [6, 6.07) is 7.53. The molecule has 1 atom stereocenters. The van der Waals surface area contributed by atoms with Crippen molar-refractivity contribution >= 4 is 45.4 Å². The zero-order valence-electron chi connectivity index (χ0n) is 13.3. The van der Waals surface area contributed by atoms with Crippen LogP contribution in [0.25, 0.3) is 10.2 Å². The Labute approximate surface area is 153 Å². The molecule has 0 saturated carbocycles. The van der Waals surface area contributed by atoms with E-state index < -0.39 is 0 Å². The van der Waals surface area contributed by atoms with Crippen LogP contribution in [0.15, 0.2) is 29.1 Å². The maximum absolute atomic E-state index is 13.1. The molecule has 1 N–H and O–H groups in total. The Balaban J connectivity index is 1.86. The number of hydrogen-bond donors (Lipinski definition) is 1. The van der Waals surface area contributed by atoms with Gasteiger partial charge in [0.2, 0.25) is 0 Å². The number of hydrogen-bond acceptors (Lipinski definition) is 3. The van der Waals surface area contributed by atoms with Gasteiger partial charge in [-0.15, -0.1) is 11.3 Å². The monoisotopic (exact) mass is 376 g/mol. The van der Waals surface area contributed by atoms with Crippen molar-refractivity contribution in [2.45, 2.75) is 32.7 Å². The van der Waals surface area contributed by atoms with E-state index in [9.17, 15) is 4.79 Å². The minimum atomic E-state index is 0.0238.